The van der Waals surface area contributed by atoms with Crippen LogP contribution in [0.4, 0.5) is 5.82 Å². The van der Waals surface area contributed by atoms with Crippen molar-refractivity contribution in [1.29, 1.82) is 0 Å². The zero-order chi connectivity index (χ0) is 19.3. The molecule has 7 nitrogen and oxygen atoms in total. The van der Waals surface area contributed by atoms with Crippen LogP contribution in [0, 0.1) is 0 Å². The largest absolute Gasteiger partial charge is 0.394 e. The lowest BCUT2D eigenvalue weighted by molar-refractivity contribution is 0.0800. The van der Waals surface area contributed by atoms with Crippen molar-refractivity contribution >= 4 is 43.8 Å². The third-order valence-corrected chi connectivity index (χ3v) is 5.11. The molecule has 0 saturated heterocycles. The van der Waals surface area contributed by atoms with Crippen molar-refractivity contribution in [3.05, 3.63) is 42.1 Å². The van der Waals surface area contributed by atoms with Gasteiger partial charge in [-0.05, 0) is 31.7 Å². The van der Waals surface area contributed by atoms with Gasteiger partial charge >= 0.3 is 0 Å². The normalized spacial score (nSPS) is 18.5. The van der Waals surface area contributed by atoms with E-state index in [2.05, 4.69) is 10.3 Å². The van der Waals surface area contributed by atoms with Gasteiger partial charge in [0.1, 0.15) is 11.5 Å². The van der Waals surface area contributed by atoms with E-state index in [1.54, 1.807) is 0 Å². The number of aliphatic hydroxyl groups is 2. The molecular weight excluding hydrogens is 420 g/mol. The molecule has 4 rings (SSSR count). The van der Waals surface area contributed by atoms with E-state index in [9.17, 15) is 5.11 Å². The monoisotopic (exact) mass is 450 g/mol. The predicted octanol–water partition coefficient (Wildman–Crippen LogP) is 3.07. The first kappa shape index (κ1) is 24.5. The molecule has 4 N–H and O–H groups in total. The number of nitrogens with zero attached hydrogens (tertiary/aromatic N) is 2. The number of aliphatic hydroxyl groups excluding tert-OH is 2. The Balaban J connectivity index is 0.00000160. The second kappa shape index (κ2) is 11.6. The van der Waals surface area contributed by atoms with Crippen molar-refractivity contribution in [3.63, 3.8) is 0 Å². The van der Waals surface area contributed by atoms with Crippen LogP contribution in [-0.2, 0) is 11.3 Å². The highest BCUT2D eigenvalue weighted by atomic mass is 32.1. The molecule has 0 unspecified atom stereocenters. The number of ether oxygens (including phenoxy) is 1. The van der Waals surface area contributed by atoms with E-state index in [1.165, 1.54) is 0 Å². The maximum Gasteiger partial charge on any atom is 0.163 e. The van der Waals surface area contributed by atoms with Gasteiger partial charge in [0, 0.05) is 17.3 Å². The van der Waals surface area contributed by atoms with Gasteiger partial charge in [-0.15, -0.1) is 0 Å². The van der Waals surface area contributed by atoms with Gasteiger partial charge in [0.25, 0.3) is 0 Å². The van der Waals surface area contributed by atoms with Crippen LogP contribution >= 0.6 is 27.0 Å². The third-order valence-electron chi connectivity index (χ3n) is 5.11. The summed E-state index contributed by atoms with van der Waals surface area (Å²) in [7, 11) is 0. The Hall–Kier alpha value is -1.78. The Bertz CT molecular complexity index is 915. The second-order valence-electron chi connectivity index (χ2n) is 7.24. The van der Waals surface area contributed by atoms with E-state index in [0.29, 0.717) is 19.0 Å². The van der Waals surface area contributed by atoms with E-state index < -0.39 is 0 Å². The van der Waals surface area contributed by atoms with E-state index in [4.69, 9.17) is 19.8 Å². The molecule has 1 fully saturated rings. The van der Waals surface area contributed by atoms with Crippen LogP contribution in [0.1, 0.15) is 31.4 Å². The van der Waals surface area contributed by atoms with E-state index in [0.717, 1.165) is 53.8 Å². The Kier molecular flexibility index (Phi) is 9.44. The Morgan fingerprint density at radius 2 is 1.80 bits per heavy atom. The first-order valence-electron chi connectivity index (χ1n) is 9.81. The van der Waals surface area contributed by atoms with E-state index in [-0.39, 0.29) is 45.7 Å². The molecule has 1 aliphatic carbocycles. The Labute approximate surface area is 190 Å². The topological polar surface area (TPSA) is 103 Å². The zero-order valence-corrected chi connectivity index (χ0v) is 18.8. The summed E-state index contributed by atoms with van der Waals surface area (Å²) in [5, 5.41) is 23.2. The molecule has 0 atom stereocenters. The van der Waals surface area contributed by atoms with Gasteiger partial charge in [-0.2, -0.15) is 27.0 Å². The molecule has 0 aliphatic heterocycles. The van der Waals surface area contributed by atoms with Crippen LogP contribution in [0.5, 0.6) is 0 Å². The van der Waals surface area contributed by atoms with Crippen LogP contribution in [0.25, 0.3) is 22.4 Å². The molecule has 3 aromatic rings. The number of rotatable bonds is 7. The molecule has 0 radical (unpaired) electrons. The Morgan fingerprint density at radius 1 is 1.07 bits per heavy atom. The highest BCUT2D eigenvalue weighted by molar-refractivity contribution is 7.59. The van der Waals surface area contributed by atoms with Crippen molar-refractivity contribution < 1.29 is 14.9 Å². The minimum absolute atomic E-state index is 0. The SMILES string of the molecule is OCCOCc1cc2c(NC3CCC(O)CC3)nc(-c3ccccc3)nc2[nH]1.S.S. The average Bonchev–Trinajstić information content (AvgIpc) is 3.14. The van der Waals surface area contributed by atoms with Gasteiger partial charge in [-0.25, -0.2) is 9.97 Å². The average molecular weight is 451 g/mol. The quantitative estimate of drug-likeness (QED) is 0.413. The molecule has 2 heterocycles. The lowest BCUT2D eigenvalue weighted by Gasteiger charge is -2.26. The summed E-state index contributed by atoms with van der Waals surface area (Å²) in [6, 6.07) is 12.2. The molecule has 0 amide bonds. The smallest absolute Gasteiger partial charge is 0.163 e. The van der Waals surface area contributed by atoms with Gasteiger partial charge in [0.15, 0.2) is 5.82 Å². The van der Waals surface area contributed by atoms with Gasteiger partial charge < -0.3 is 25.3 Å². The van der Waals surface area contributed by atoms with Crippen LogP contribution in [0.2, 0.25) is 0 Å². The molecule has 30 heavy (non-hydrogen) atoms. The first-order chi connectivity index (χ1) is 13.7. The first-order valence-corrected chi connectivity index (χ1v) is 9.81. The number of anilines is 1. The van der Waals surface area contributed by atoms with Crippen molar-refractivity contribution in [2.24, 2.45) is 0 Å². The molecule has 2 aromatic heterocycles. The number of H-pyrrole nitrogens is 1. The lowest BCUT2D eigenvalue weighted by Crippen LogP contribution is -2.28. The number of fused-ring (bicyclic) bond motifs is 1. The van der Waals surface area contributed by atoms with Gasteiger partial charge in [-0.3, -0.25) is 0 Å². The highest BCUT2D eigenvalue weighted by Gasteiger charge is 2.21. The molecule has 9 heteroatoms. The standard InChI is InChI=1S/C21H26N4O3.2H2S/c26-10-11-28-13-16-12-18-20(22-15-6-8-17(27)9-7-15)24-19(25-21(18)23-16)14-4-2-1-3-5-14;;/h1-5,12,15,17,26-27H,6-11,13H2,(H2,22,23,24,25);2*1H2. The fraction of sp³-hybridized carbons (Fsp3) is 0.429. The minimum atomic E-state index is -0.189. The van der Waals surface area contributed by atoms with Crippen LogP contribution in [-0.4, -0.2) is 50.5 Å². The predicted molar refractivity (Wildman–Crippen MR) is 129 cm³/mol. The number of nitrogens with one attached hydrogen (secondary N) is 2. The van der Waals surface area contributed by atoms with E-state index >= 15 is 0 Å². The molecule has 0 bridgehead atoms. The molecule has 1 aliphatic rings. The summed E-state index contributed by atoms with van der Waals surface area (Å²) < 4.78 is 5.44. The zero-order valence-electron chi connectivity index (χ0n) is 16.8. The summed E-state index contributed by atoms with van der Waals surface area (Å²) in [5.74, 6) is 1.46. The van der Waals surface area contributed by atoms with Crippen molar-refractivity contribution in [2.45, 2.75) is 44.4 Å². The summed E-state index contributed by atoms with van der Waals surface area (Å²) in [5.41, 5.74) is 2.61. The maximum absolute atomic E-state index is 9.77. The van der Waals surface area contributed by atoms with Crippen molar-refractivity contribution in [2.75, 3.05) is 18.5 Å². The van der Waals surface area contributed by atoms with Gasteiger partial charge in [0.2, 0.25) is 0 Å². The molecule has 0 spiro atoms. The van der Waals surface area contributed by atoms with Gasteiger partial charge in [-0.1, -0.05) is 30.3 Å². The summed E-state index contributed by atoms with van der Waals surface area (Å²) in [4.78, 5) is 12.8. The number of hydrogen-bond acceptors (Lipinski definition) is 6. The molecule has 1 aromatic carbocycles. The fourth-order valence-electron chi connectivity index (χ4n) is 3.63. The fourth-order valence-corrected chi connectivity index (χ4v) is 3.63. The lowest BCUT2D eigenvalue weighted by atomic mass is 9.93. The van der Waals surface area contributed by atoms with Crippen molar-refractivity contribution in [3.8, 4) is 11.4 Å². The summed E-state index contributed by atoms with van der Waals surface area (Å²) in [6.45, 7) is 0.678. The van der Waals surface area contributed by atoms with Crippen molar-refractivity contribution in [1.82, 2.24) is 15.0 Å². The maximum atomic E-state index is 9.77. The molecular formula is C21H30N4O3S2. The van der Waals surface area contributed by atoms with Crippen LogP contribution in [0.3, 0.4) is 0 Å². The molecule has 1 saturated carbocycles. The van der Waals surface area contributed by atoms with E-state index in [1.807, 2.05) is 36.4 Å². The second-order valence-corrected chi connectivity index (χ2v) is 7.24. The summed E-state index contributed by atoms with van der Waals surface area (Å²) in [6.07, 6.45) is 3.27. The number of aromatic nitrogens is 3. The van der Waals surface area contributed by atoms with Gasteiger partial charge in [0.05, 0.1) is 31.3 Å². The number of aromatic amines is 1. The molecule has 164 valence electrons. The summed E-state index contributed by atoms with van der Waals surface area (Å²) >= 11 is 0. The highest BCUT2D eigenvalue weighted by Crippen LogP contribution is 2.29. The third kappa shape index (κ3) is 5.89. The minimum Gasteiger partial charge on any atom is -0.394 e. The number of hydrogen-bond donors (Lipinski definition) is 4. The number of benzene rings is 1. The Morgan fingerprint density at radius 3 is 2.50 bits per heavy atom. The van der Waals surface area contributed by atoms with Crippen LogP contribution < -0.4 is 5.32 Å². The van der Waals surface area contributed by atoms with Crippen LogP contribution in [0.15, 0.2) is 36.4 Å².